The molecule has 0 bridgehead atoms. The van der Waals surface area contributed by atoms with Crippen LogP contribution < -0.4 is 0 Å². The van der Waals surface area contributed by atoms with Crippen molar-refractivity contribution in [3.63, 3.8) is 0 Å². The average Bonchev–Trinajstić information content (AvgIpc) is 2.94. The van der Waals surface area contributed by atoms with E-state index in [-0.39, 0.29) is 13.2 Å². The molecular formula is C20H39N2O3+. The normalized spacial score (nSPS) is 20.0. The molecule has 146 valence electrons. The first-order valence-corrected chi connectivity index (χ1v) is 10.4. The lowest BCUT2D eigenvalue weighted by Crippen LogP contribution is -2.55. The summed E-state index contributed by atoms with van der Waals surface area (Å²) in [5, 5.41) is 18.5. The van der Waals surface area contributed by atoms with Gasteiger partial charge in [-0.2, -0.15) is 0 Å². The van der Waals surface area contributed by atoms with Gasteiger partial charge in [-0.25, -0.2) is 9.79 Å². The maximum Gasteiger partial charge on any atom is 0.359 e. The summed E-state index contributed by atoms with van der Waals surface area (Å²) in [5.74, 6) is 0.189. The smallest absolute Gasteiger partial charge is 0.359 e. The first kappa shape index (κ1) is 22.1. The molecule has 0 radical (unpaired) electrons. The topological polar surface area (TPSA) is 69.9 Å². The monoisotopic (exact) mass is 355 g/mol. The number of unbranched alkanes of at least 4 members (excludes halogenated alkanes) is 10. The molecule has 1 unspecified atom stereocenters. The predicted molar refractivity (Wildman–Crippen MR) is 103 cm³/mol. The van der Waals surface area contributed by atoms with E-state index >= 15 is 0 Å². The highest BCUT2D eigenvalue weighted by Crippen LogP contribution is 2.20. The van der Waals surface area contributed by atoms with Crippen molar-refractivity contribution in [2.45, 2.75) is 84.0 Å². The number of aliphatic hydroxyl groups is 1. The van der Waals surface area contributed by atoms with E-state index in [1.54, 1.807) is 0 Å². The SMILES string of the molecule is CCCCCCCCCCCCCC1=NCC[N+]1(CCO)CC(=O)O. The molecule has 1 atom stereocenters. The summed E-state index contributed by atoms with van der Waals surface area (Å²) in [6.07, 6.45) is 15.3. The van der Waals surface area contributed by atoms with E-state index < -0.39 is 5.97 Å². The summed E-state index contributed by atoms with van der Waals surface area (Å²) in [7, 11) is 0. The Hall–Kier alpha value is -0.940. The zero-order valence-electron chi connectivity index (χ0n) is 16.2. The molecule has 1 aliphatic heterocycles. The Kier molecular flexibility index (Phi) is 11.7. The van der Waals surface area contributed by atoms with Crippen molar-refractivity contribution in [3.05, 3.63) is 0 Å². The number of hydrogen-bond donors (Lipinski definition) is 2. The molecule has 0 aliphatic carbocycles. The predicted octanol–water partition coefficient (Wildman–Crippen LogP) is 3.99. The van der Waals surface area contributed by atoms with Crippen molar-refractivity contribution in [2.75, 3.05) is 32.8 Å². The molecule has 0 amide bonds. The van der Waals surface area contributed by atoms with Crippen molar-refractivity contribution >= 4 is 11.8 Å². The lowest BCUT2D eigenvalue weighted by atomic mass is 10.0. The van der Waals surface area contributed by atoms with Crippen molar-refractivity contribution in [3.8, 4) is 0 Å². The lowest BCUT2D eigenvalue weighted by molar-refractivity contribution is -0.829. The minimum Gasteiger partial charge on any atom is -0.477 e. The Morgan fingerprint density at radius 2 is 1.56 bits per heavy atom. The van der Waals surface area contributed by atoms with Crippen molar-refractivity contribution in [1.82, 2.24) is 0 Å². The summed E-state index contributed by atoms with van der Waals surface area (Å²) in [4.78, 5) is 15.7. The molecule has 5 nitrogen and oxygen atoms in total. The molecular weight excluding hydrogens is 316 g/mol. The molecule has 0 aromatic heterocycles. The molecule has 0 spiro atoms. The second-order valence-corrected chi connectivity index (χ2v) is 7.45. The van der Waals surface area contributed by atoms with Crippen LogP contribution in [-0.4, -0.2) is 59.3 Å². The molecule has 1 aliphatic rings. The number of carboxylic acids is 1. The third kappa shape index (κ3) is 8.82. The van der Waals surface area contributed by atoms with E-state index in [2.05, 4.69) is 11.9 Å². The van der Waals surface area contributed by atoms with Gasteiger partial charge in [0, 0.05) is 6.42 Å². The fourth-order valence-electron chi connectivity index (χ4n) is 3.85. The molecule has 0 saturated carbocycles. The van der Waals surface area contributed by atoms with Crippen LogP contribution in [0.2, 0.25) is 0 Å². The van der Waals surface area contributed by atoms with Crippen LogP contribution >= 0.6 is 0 Å². The van der Waals surface area contributed by atoms with Crippen LogP contribution in [0, 0.1) is 0 Å². The van der Waals surface area contributed by atoms with Crippen LogP contribution in [0.15, 0.2) is 4.99 Å². The van der Waals surface area contributed by atoms with Crippen molar-refractivity contribution < 1.29 is 19.5 Å². The number of rotatable bonds is 16. The third-order valence-electron chi connectivity index (χ3n) is 5.34. The zero-order chi connectivity index (χ0) is 18.4. The van der Waals surface area contributed by atoms with Gasteiger partial charge in [0.1, 0.15) is 13.1 Å². The first-order valence-electron chi connectivity index (χ1n) is 10.4. The van der Waals surface area contributed by atoms with Crippen LogP contribution in [0.4, 0.5) is 0 Å². The van der Waals surface area contributed by atoms with Crippen LogP contribution in [0.25, 0.3) is 0 Å². The summed E-state index contributed by atoms with van der Waals surface area (Å²) >= 11 is 0. The van der Waals surface area contributed by atoms with Crippen LogP contribution in [-0.2, 0) is 4.79 Å². The highest BCUT2D eigenvalue weighted by atomic mass is 16.4. The van der Waals surface area contributed by atoms with Crippen LogP contribution in [0.5, 0.6) is 0 Å². The summed E-state index contributed by atoms with van der Waals surface area (Å²) in [6, 6.07) is 0. The molecule has 0 aromatic rings. The molecule has 5 heteroatoms. The van der Waals surface area contributed by atoms with Gasteiger partial charge < -0.3 is 10.2 Å². The van der Waals surface area contributed by atoms with Gasteiger partial charge in [-0.1, -0.05) is 71.1 Å². The van der Waals surface area contributed by atoms with E-state index in [9.17, 15) is 15.0 Å². The van der Waals surface area contributed by atoms with Crippen molar-refractivity contribution in [1.29, 1.82) is 0 Å². The highest BCUT2D eigenvalue weighted by Gasteiger charge is 2.39. The fourth-order valence-corrected chi connectivity index (χ4v) is 3.85. The second-order valence-electron chi connectivity index (χ2n) is 7.45. The number of carboxylic acid groups (broad SMARTS) is 1. The maximum absolute atomic E-state index is 11.2. The number of aliphatic hydroxyl groups excluding tert-OH is 1. The van der Waals surface area contributed by atoms with Crippen LogP contribution in [0.3, 0.4) is 0 Å². The Balaban J connectivity index is 2.13. The number of aliphatic imine (C=N–C) groups is 1. The first-order chi connectivity index (χ1) is 12.1. The number of amidine groups is 1. The van der Waals surface area contributed by atoms with E-state index in [0.717, 1.165) is 25.2 Å². The van der Waals surface area contributed by atoms with Crippen LogP contribution in [0.1, 0.15) is 84.0 Å². The minimum absolute atomic E-state index is 0.0184. The fraction of sp³-hybridized carbons (Fsp3) is 0.900. The molecule has 0 aromatic carbocycles. The van der Waals surface area contributed by atoms with Gasteiger partial charge >= 0.3 is 5.97 Å². The summed E-state index contributed by atoms with van der Waals surface area (Å²) in [5.41, 5.74) is 0. The maximum atomic E-state index is 11.2. The number of hydrogen-bond acceptors (Lipinski definition) is 3. The molecule has 0 fully saturated rings. The molecule has 1 heterocycles. The standard InChI is InChI=1S/C20H38N2O3/c1-2-3-4-5-6-7-8-9-10-11-12-13-19-21-14-15-22(19,16-17-23)18-20(24)25/h23H,2-18H2,1H3/p+1. The Morgan fingerprint density at radius 3 is 2.08 bits per heavy atom. The average molecular weight is 356 g/mol. The summed E-state index contributed by atoms with van der Waals surface area (Å²) < 4.78 is 0.365. The molecule has 0 saturated heterocycles. The van der Waals surface area contributed by atoms with Gasteiger partial charge in [0.05, 0.1) is 13.2 Å². The van der Waals surface area contributed by atoms with Gasteiger partial charge in [-0.3, -0.25) is 4.48 Å². The summed E-state index contributed by atoms with van der Waals surface area (Å²) in [6.45, 7) is 4.22. The Labute approximate surface area is 153 Å². The molecule has 2 N–H and O–H groups in total. The number of carbonyl (C=O) groups is 1. The number of aliphatic carboxylic acids is 1. The van der Waals surface area contributed by atoms with Gasteiger partial charge in [-0.05, 0) is 6.42 Å². The molecule has 25 heavy (non-hydrogen) atoms. The van der Waals surface area contributed by atoms with Gasteiger partial charge in [-0.15, -0.1) is 0 Å². The quantitative estimate of drug-likeness (QED) is 0.325. The lowest BCUT2D eigenvalue weighted by Gasteiger charge is -2.32. The Bertz CT molecular complexity index is 398. The highest BCUT2D eigenvalue weighted by molar-refractivity contribution is 5.80. The van der Waals surface area contributed by atoms with E-state index in [1.165, 1.54) is 64.2 Å². The van der Waals surface area contributed by atoms with E-state index in [1.807, 2.05) is 0 Å². The third-order valence-corrected chi connectivity index (χ3v) is 5.34. The van der Waals surface area contributed by atoms with E-state index in [4.69, 9.17) is 0 Å². The number of quaternary nitrogens is 1. The van der Waals surface area contributed by atoms with E-state index in [0.29, 0.717) is 17.6 Å². The molecule has 1 rings (SSSR count). The Morgan fingerprint density at radius 1 is 1.00 bits per heavy atom. The van der Waals surface area contributed by atoms with Crippen molar-refractivity contribution in [2.24, 2.45) is 4.99 Å². The minimum atomic E-state index is -0.804. The van der Waals surface area contributed by atoms with Gasteiger partial charge in [0.15, 0.2) is 12.4 Å². The number of nitrogens with zero attached hydrogens (tertiary/aromatic N) is 2. The second kappa shape index (κ2) is 13.3. The largest absolute Gasteiger partial charge is 0.477 e. The zero-order valence-corrected chi connectivity index (χ0v) is 16.2. The van der Waals surface area contributed by atoms with Gasteiger partial charge in [0.2, 0.25) is 0 Å². The van der Waals surface area contributed by atoms with Gasteiger partial charge in [0.25, 0.3) is 0 Å².